The Kier molecular flexibility index (Phi) is 3.82. The molecule has 0 aliphatic rings. The van der Waals surface area contributed by atoms with Gasteiger partial charge in [-0.15, -0.1) is 5.10 Å². The van der Waals surface area contributed by atoms with E-state index in [0.717, 1.165) is 12.2 Å². The van der Waals surface area contributed by atoms with Crippen molar-refractivity contribution in [3.05, 3.63) is 41.2 Å². The Morgan fingerprint density at radius 2 is 2.00 bits per heavy atom. The molecular formula is C12H16N4O. The first-order valence-corrected chi connectivity index (χ1v) is 5.71. The molecule has 0 unspecified atom stereocenters. The number of aromatic nitrogens is 4. The van der Waals surface area contributed by atoms with Gasteiger partial charge in [-0.2, -0.15) is 0 Å². The number of hydrogen-bond acceptors (Lipinski definition) is 4. The Labute approximate surface area is 100 Å². The molecule has 2 rings (SSSR count). The van der Waals surface area contributed by atoms with E-state index < -0.39 is 0 Å². The molecule has 0 radical (unpaired) electrons. The molecule has 0 spiro atoms. The number of rotatable bonds is 5. The van der Waals surface area contributed by atoms with Crippen LogP contribution in [0.2, 0.25) is 0 Å². The molecule has 0 saturated heterocycles. The summed E-state index contributed by atoms with van der Waals surface area (Å²) < 4.78 is 1.75. The van der Waals surface area contributed by atoms with Gasteiger partial charge in [-0.05, 0) is 29.3 Å². The molecule has 5 heteroatoms. The lowest BCUT2D eigenvalue weighted by molar-refractivity contribution is 0.275. The van der Waals surface area contributed by atoms with E-state index in [1.54, 1.807) is 4.68 Å². The molecule has 0 bridgehead atoms. The minimum atomic E-state index is 0.157. The molecule has 0 fully saturated rings. The van der Waals surface area contributed by atoms with E-state index in [1.165, 1.54) is 11.1 Å². The molecule has 90 valence electrons. The Morgan fingerprint density at radius 3 is 2.71 bits per heavy atom. The van der Waals surface area contributed by atoms with Gasteiger partial charge in [-0.25, -0.2) is 4.68 Å². The van der Waals surface area contributed by atoms with Gasteiger partial charge < -0.3 is 5.11 Å². The second kappa shape index (κ2) is 5.54. The van der Waals surface area contributed by atoms with E-state index >= 15 is 0 Å². The number of tetrazole rings is 1. The summed E-state index contributed by atoms with van der Waals surface area (Å²) in [6.07, 6.45) is 1.39. The van der Waals surface area contributed by atoms with E-state index in [9.17, 15) is 0 Å². The molecule has 1 aromatic heterocycles. The summed E-state index contributed by atoms with van der Waals surface area (Å²) in [7, 11) is 0. The molecule has 17 heavy (non-hydrogen) atoms. The zero-order valence-electron chi connectivity index (χ0n) is 9.87. The number of benzene rings is 1. The first kappa shape index (κ1) is 11.7. The summed E-state index contributed by atoms with van der Waals surface area (Å²) in [5, 5.41) is 20.4. The van der Waals surface area contributed by atoms with Crippen molar-refractivity contribution in [2.75, 3.05) is 6.61 Å². The van der Waals surface area contributed by atoms with Gasteiger partial charge in [0, 0.05) is 19.6 Å². The number of aliphatic hydroxyl groups is 1. The SMILES string of the molecule is Cc1ccc(Cc2nnnn2CCCO)cc1. The maximum atomic E-state index is 8.79. The van der Waals surface area contributed by atoms with E-state index in [1.807, 2.05) is 0 Å². The van der Waals surface area contributed by atoms with Gasteiger partial charge >= 0.3 is 0 Å². The third kappa shape index (κ3) is 3.10. The second-order valence-electron chi connectivity index (χ2n) is 4.06. The molecule has 0 saturated carbocycles. The van der Waals surface area contributed by atoms with Crippen LogP contribution in [0, 0.1) is 6.92 Å². The zero-order valence-corrected chi connectivity index (χ0v) is 9.87. The van der Waals surface area contributed by atoms with Crippen molar-refractivity contribution < 1.29 is 5.11 Å². The van der Waals surface area contributed by atoms with Crippen molar-refractivity contribution >= 4 is 0 Å². The van der Waals surface area contributed by atoms with Gasteiger partial charge in [-0.1, -0.05) is 29.8 Å². The van der Waals surface area contributed by atoms with E-state index in [-0.39, 0.29) is 6.61 Å². The third-order valence-corrected chi connectivity index (χ3v) is 2.62. The summed E-state index contributed by atoms with van der Waals surface area (Å²) in [4.78, 5) is 0. The Morgan fingerprint density at radius 1 is 1.24 bits per heavy atom. The lowest BCUT2D eigenvalue weighted by Crippen LogP contribution is -2.07. The molecule has 0 amide bonds. The molecule has 1 aromatic carbocycles. The fraction of sp³-hybridized carbons (Fsp3) is 0.417. The number of hydrogen-bond donors (Lipinski definition) is 1. The monoisotopic (exact) mass is 232 g/mol. The molecular weight excluding hydrogens is 216 g/mol. The van der Waals surface area contributed by atoms with Crippen molar-refractivity contribution in [3.63, 3.8) is 0 Å². The Balaban J connectivity index is 2.07. The summed E-state index contributed by atoms with van der Waals surface area (Å²) in [5.41, 5.74) is 2.43. The highest BCUT2D eigenvalue weighted by Crippen LogP contribution is 2.08. The number of nitrogens with zero attached hydrogens (tertiary/aromatic N) is 4. The predicted octanol–water partition coefficient (Wildman–Crippen LogP) is 0.955. The average molecular weight is 232 g/mol. The minimum Gasteiger partial charge on any atom is -0.396 e. The first-order chi connectivity index (χ1) is 8.29. The predicted molar refractivity (Wildman–Crippen MR) is 63.5 cm³/mol. The molecule has 1 N–H and O–H groups in total. The van der Waals surface area contributed by atoms with Crippen LogP contribution < -0.4 is 0 Å². The average Bonchev–Trinajstić information content (AvgIpc) is 2.77. The lowest BCUT2D eigenvalue weighted by Gasteiger charge is -2.03. The standard InChI is InChI=1S/C12H16N4O/c1-10-3-5-11(6-4-10)9-12-13-14-15-16(12)7-2-8-17/h3-6,17H,2,7-9H2,1H3. The summed E-state index contributed by atoms with van der Waals surface area (Å²) in [5.74, 6) is 0.835. The van der Waals surface area contributed by atoms with Crippen LogP contribution in [0.1, 0.15) is 23.4 Å². The molecule has 2 aromatic rings. The molecule has 0 aliphatic heterocycles. The zero-order chi connectivity index (χ0) is 12.1. The normalized spacial score (nSPS) is 10.7. The summed E-state index contributed by atoms with van der Waals surface area (Å²) in [6, 6.07) is 8.33. The molecule has 5 nitrogen and oxygen atoms in total. The topological polar surface area (TPSA) is 63.8 Å². The Bertz CT molecular complexity index is 464. The minimum absolute atomic E-state index is 0.157. The molecule has 1 heterocycles. The van der Waals surface area contributed by atoms with Gasteiger partial charge in [0.25, 0.3) is 0 Å². The largest absolute Gasteiger partial charge is 0.396 e. The highest BCUT2D eigenvalue weighted by atomic mass is 16.3. The van der Waals surface area contributed by atoms with Gasteiger partial charge in [-0.3, -0.25) is 0 Å². The maximum Gasteiger partial charge on any atom is 0.155 e. The van der Waals surface area contributed by atoms with E-state index in [4.69, 9.17) is 5.11 Å². The van der Waals surface area contributed by atoms with Crippen LogP contribution in [-0.4, -0.2) is 31.9 Å². The van der Waals surface area contributed by atoms with Crippen LogP contribution in [0.15, 0.2) is 24.3 Å². The van der Waals surface area contributed by atoms with Crippen molar-refractivity contribution in [1.29, 1.82) is 0 Å². The van der Waals surface area contributed by atoms with Crippen LogP contribution >= 0.6 is 0 Å². The highest BCUT2D eigenvalue weighted by molar-refractivity contribution is 5.23. The number of aliphatic hydroxyl groups excluding tert-OH is 1. The van der Waals surface area contributed by atoms with Crippen LogP contribution in [-0.2, 0) is 13.0 Å². The van der Waals surface area contributed by atoms with Gasteiger partial charge in [0.15, 0.2) is 5.82 Å². The quantitative estimate of drug-likeness (QED) is 0.833. The maximum absolute atomic E-state index is 8.79. The van der Waals surface area contributed by atoms with Gasteiger partial charge in [0.2, 0.25) is 0 Å². The van der Waals surface area contributed by atoms with Crippen molar-refractivity contribution in [3.8, 4) is 0 Å². The van der Waals surface area contributed by atoms with Crippen LogP contribution in [0.5, 0.6) is 0 Å². The van der Waals surface area contributed by atoms with E-state index in [2.05, 4.69) is 46.7 Å². The lowest BCUT2D eigenvalue weighted by atomic mass is 10.1. The van der Waals surface area contributed by atoms with Crippen molar-refractivity contribution in [2.24, 2.45) is 0 Å². The van der Waals surface area contributed by atoms with Crippen molar-refractivity contribution in [1.82, 2.24) is 20.2 Å². The van der Waals surface area contributed by atoms with Gasteiger partial charge in [0.1, 0.15) is 0 Å². The molecule has 0 atom stereocenters. The number of aryl methyl sites for hydroxylation is 2. The third-order valence-electron chi connectivity index (χ3n) is 2.62. The second-order valence-corrected chi connectivity index (χ2v) is 4.06. The fourth-order valence-corrected chi connectivity index (χ4v) is 1.63. The smallest absolute Gasteiger partial charge is 0.155 e. The van der Waals surface area contributed by atoms with Crippen LogP contribution in [0.25, 0.3) is 0 Å². The summed E-state index contributed by atoms with van der Waals surface area (Å²) in [6.45, 7) is 2.88. The first-order valence-electron chi connectivity index (χ1n) is 5.71. The summed E-state index contributed by atoms with van der Waals surface area (Å²) >= 11 is 0. The van der Waals surface area contributed by atoms with Gasteiger partial charge in [0.05, 0.1) is 0 Å². The Hall–Kier alpha value is -1.75. The van der Waals surface area contributed by atoms with Crippen LogP contribution in [0.3, 0.4) is 0 Å². The van der Waals surface area contributed by atoms with Crippen LogP contribution in [0.4, 0.5) is 0 Å². The van der Waals surface area contributed by atoms with Crippen molar-refractivity contribution in [2.45, 2.75) is 26.3 Å². The van der Waals surface area contributed by atoms with E-state index in [0.29, 0.717) is 13.0 Å². The molecule has 0 aliphatic carbocycles. The highest BCUT2D eigenvalue weighted by Gasteiger charge is 2.06. The fourth-order valence-electron chi connectivity index (χ4n) is 1.63.